The van der Waals surface area contributed by atoms with Crippen molar-refractivity contribution in [3.8, 4) is 10.6 Å². The molecule has 0 saturated heterocycles. The highest BCUT2D eigenvalue weighted by molar-refractivity contribution is 7.17. The van der Waals surface area contributed by atoms with Crippen molar-refractivity contribution in [3.63, 3.8) is 0 Å². The van der Waals surface area contributed by atoms with E-state index in [1.807, 2.05) is 6.92 Å². The van der Waals surface area contributed by atoms with Crippen molar-refractivity contribution in [1.82, 2.24) is 20.6 Å². The number of hydrogen-bond donors (Lipinski definition) is 3. The second-order valence-electron chi connectivity index (χ2n) is 5.65. The Morgan fingerprint density at radius 3 is 2.56 bits per heavy atom. The van der Waals surface area contributed by atoms with E-state index in [1.165, 1.54) is 13.2 Å². The number of carbonyl (C=O) groups excluding carboxylic acids is 3. The molecule has 2 heterocycles. The lowest BCUT2D eigenvalue weighted by molar-refractivity contribution is 0.0380. The largest absolute Gasteiger partial charge is 0.459 e. The molecule has 0 saturated carbocycles. The van der Waals surface area contributed by atoms with Crippen molar-refractivity contribution < 1.29 is 19.1 Å². The Kier molecular flexibility index (Phi) is 6.83. The lowest BCUT2D eigenvalue weighted by atomic mass is 10.3. The summed E-state index contributed by atoms with van der Waals surface area (Å²) >= 11 is 1.05. The van der Waals surface area contributed by atoms with Crippen molar-refractivity contribution in [2.75, 3.05) is 18.9 Å². The summed E-state index contributed by atoms with van der Waals surface area (Å²) in [5.41, 5.74) is 0.614. The molecule has 0 bridgehead atoms. The lowest BCUT2D eigenvalue weighted by Gasteiger charge is -2.06. The molecule has 0 aromatic carbocycles. The van der Waals surface area contributed by atoms with Crippen LogP contribution >= 0.6 is 11.3 Å². The van der Waals surface area contributed by atoms with Crippen LogP contribution in [-0.4, -0.2) is 47.6 Å². The monoisotopic (exact) mass is 391 g/mol. The number of nitrogens with one attached hydrogen (secondary N) is 3. The van der Waals surface area contributed by atoms with Crippen LogP contribution in [0.3, 0.4) is 0 Å². The molecule has 2 aromatic heterocycles. The fourth-order valence-electron chi connectivity index (χ4n) is 2.04. The summed E-state index contributed by atoms with van der Waals surface area (Å²) in [5, 5.41) is 8.10. The average molecular weight is 391 g/mol. The van der Waals surface area contributed by atoms with Gasteiger partial charge in [0.1, 0.15) is 15.7 Å². The van der Waals surface area contributed by atoms with E-state index in [-0.39, 0.29) is 22.7 Å². The predicted octanol–water partition coefficient (Wildman–Crippen LogP) is 2.27. The maximum atomic E-state index is 12.3. The van der Waals surface area contributed by atoms with E-state index in [0.717, 1.165) is 11.3 Å². The molecular formula is C17H21N5O4S. The van der Waals surface area contributed by atoms with Gasteiger partial charge in [-0.25, -0.2) is 19.6 Å². The molecule has 9 nitrogen and oxygen atoms in total. The zero-order valence-electron chi connectivity index (χ0n) is 15.5. The summed E-state index contributed by atoms with van der Waals surface area (Å²) in [6.07, 6.45) is 1.19. The van der Waals surface area contributed by atoms with Gasteiger partial charge in [0, 0.05) is 25.4 Å². The molecule has 2 aromatic rings. The molecule has 0 aliphatic carbocycles. The number of ether oxygens (including phenoxy) is 1. The first-order valence-corrected chi connectivity index (χ1v) is 9.12. The van der Waals surface area contributed by atoms with Crippen molar-refractivity contribution in [2.45, 2.75) is 26.9 Å². The van der Waals surface area contributed by atoms with Crippen molar-refractivity contribution in [2.24, 2.45) is 0 Å². The van der Waals surface area contributed by atoms with E-state index in [4.69, 9.17) is 4.74 Å². The van der Waals surface area contributed by atoms with Crippen LogP contribution in [-0.2, 0) is 4.74 Å². The Balaban J connectivity index is 2.30. The van der Waals surface area contributed by atoms with Gasteiger partial charge in [-0.1, -0.05) is 0 Å². The number of carbonyl (C=O) groups is 3. The average Bonchev–Trinajstić information content (AvgIpc) is 3.07. The van der Waals surface area contributed by atoms with Gasteiger partial charge in [-0.2, -0.15) is 0 Å². The maximum Gasteiger partial charge on any atom is 0.351 e. The molecule has 0 aliphatic heterocycles. The van der Waals surface area contributed by atoms with E-state index in [2.05, 4.69) is 25.9 Å². The number of urea groups is 1. The van der Waals surface area contributed by atoms with Crippen LogP contribution < -0.4 is 16.0 Å². The molecule has 2 rings (SSSR count). The number of aromatic nitrogens is 2. The Morgan fingerprint density at radius 2 is 2.00 bits per heavy atom. The highest BCUT2D eigenvalue weighted by Gasteiger charge is 2.25. The Bertz CT molecular complexity index is 832. The van der Waals surface area contributed by atoms with Crippen LogP contribution in [0.1, 0.15) is 40.9 Å². The third-order valence-corrected chi connectivity index (χ3v) is 4.27. The number of hydrogen-bond acceptors (Lipinski definition) is 7. The maximum absolute atomic E-state index is 12.3. The Labute approximate surface area is 160 Å². The first-order chi connectivity index (χ1) is 12.8. The third kappa shape index (κ3) is 5.23. The number of anilines is 1. The zero-order chi connectivity index (χ0) is 20.0. The van der Waals surface area contributed by atoms with Crippen molar-refractivity contribution in [1.29, 1.82) is 0 Å². The highest BCUT2D eigenvalue weighted by Crippen LogP contribution is 2.29. The normalized spacial score (nSPS) is 10.4. The van der Waals surface area contributed by atoms with Gasteiger partial charge < -0.3 is 15.4 Å². The van der Waals surface area contributed by atoms with Gasteiger partial charge in [0.05, 0.1) is 6.10 Å². The number of esters is 1. The van der Waals surface area contributed by atoms with E-state index in [9.17, 15) is 14.4 Å². The molecule has 3 N–H and O–H groups in total. The fourth-order valence-corrected chi connectivity index (χ4v) is 2.97. The van der Waals surface area contributed by atoms with Gasteiger partial charge in [0.2, 0.25) is 0 Å². The van der Waals surface area contributed by atoms with Crippen molar-refractivity contribution >= 4 is 35.1 Å². The van der Waals surface area contributed by atoms with Crippen LogP contribution in [0.5, 0.6) is 0 Å². The summed E-state index contributed by atoms with van der Waals surface area (Å²) in [4.78, 5) is 44.4. The molecular weight excluding hydrogens is 370 g/mol. The summed E-state index contributed by atoms with van der Waals surface area (Å²) in [6.45, 7) is 5.76. The topological polar surface area (TPSA) is 122 Å². The van der Waals surface area contributed by atoms with Gasteiger partial charge in [-0.15, -0.1) is 11.3 Å². The summed E-state index contributed by atoms with van der Waals surface area (Å²) in [5.74, 6) is -0.710. The number of rotatable bonds is 6. The minimum Gasteiger partial charge on any atom is -0.459 e. The SMILES string of the molecule is CCNC(=O)Nc1ccc(-c2nc(C(=O)NC)c(C(=O)OC(C)C)s2)cn1. The minimum atomic E-state index is -0.602. The molecule has 0 aliphatic rings. The van der Waals surface area contributed by atoms with Gasteiger partial charge in [-0.05, 0) is 32.9 Å². The summed E-state index contributed by atoms with van der Waals surface area (Å²) in [6, 6.07) is 2.95. The summed E-state index contributed by atoms with van der Waals surface area (Å²) < 4.78 is 5.19. The molecule has 0 fully saturated rings. The molecule has 144 valence electrons. The van der Waals surface area contributed by atoms with Crippen molar-refractivity contribution in [3.05, 3.63) is 28.9 Å². The van der Waals surface area contributed by atoms with E-state index < -0.39 is 11.9 Å². The van der Waals surface area contributed by atoms with Gasteiger partial charge in [0.25, 0.3) is 5.91 Å². The van der Waals surface area contributed by atoms with Crippen LogP contribution in [0, 0.1) is 0 Å². The zero-order valence-corrected chi connectivity index (χ0v) is 16.3. The molecule has 0 radical (unpaired) electrons. The van der Waals surface area contributed by atoms with Gasteiger partial charge in [-0.3, -0.25) is 10.1 Å². The fraction of sp³-hybridized carbons (Fsp3) is 0.353. The second-order valence-corrected chi connectivity index (χ2v) is 6.65. The third-order valence-electron chi connectivity index (χ3n) is 3.19. The first-order valence-electron chi connectivity index (χ1n) is 8.30. The van der Waals surface area contributed by atoms with Gasteiger partial charge >= 0.3 is 12.0 Å². The Morgan fingerprint density at radius 1 is 1.26 bits per heavy atom. The van der Waals surface area contributed by atoms with E-state index in [0.29, 0.717) is 22.9 Å². The highest BCUT2D eigenvalue weighted by atomic mass is 32.1. The quantitative estimate of drug-likeness (QED) is 0.649. The minimum absolute atomic E-state index is 0.00711. The number of nitrogens with zero attached hydrogens (tertiary/aromatic N) is 2. The van der Waals surface area contributed by atoms with Crippen LogP contribution in [0.25, 0.3) is 10.6 Å². The van der Waals surface area contributed by atoms with Crippen LogP contribution in [0.2, 0.25) is 0 Å². The second kappa shape index (κ2) is 9.08. The first kappa shape index (κ1) is 20.3. The molecule has 0 unspecified atom stereocenters. The lowest BCUT2D eigenvalue weighted by Crippen LogP contribution is -2.28. The van der Waals surface area contributed by atoms with Crippen LogP contribution in [0.15, 0.2) is 18.3 Å². The molecule has 27 heavy (non-hydrogen) atoms. The molecule has 0 spiro atoms. The van der Waals surface area contributed by atoms with Gasteiger partial charge in [0.15, 0.2) is 5.69 Å². The molecule has 10 heteroatoms. The smallest absolute Gasteiger partial charge is 0.351 e. The summed E-state index contributed by atoms with van der Waals surface area (Å²) in [7, 11) is 1.46. The standard InChI is InChI=1S/C17H21N5O4S/c1-5-19-17(25)21-11-7-6-10(8-20-11)15-22-12(14(23)18-4)13(27-15)16(24)26-9(2)3/h6-9H,5H2,1-4H3,(H,18,23)(H2,19,20,21,25). The van der Waals surface area contributed by atoms with Crippen LogP contribution in [0.4, 0.5) is 10.6 Å². The number of pyridine rings is 1. The molecule has 0 atom stereocenters. The number of amides is 3. The number of thiazole rings is 1. The predicted molar refractivity (Wildman–Crippen MR) is 102 cm³/mol. The molecule has 3 amide bonds. The van der Waals surface area contributed by atoms with E-state index in [1.54, 1.807) is 26.0 Å². The van der Waals surface area contributed by atoms with E-state index >= 15 is 0 Å². The Hall–Kier alpha value is -3.01.